The van der Waals surface area contributed by atoms with Gasteiger partial charge in [-0.3, -0.25) is 4.79 Å². The van der Waals surface area contributed by atoms with E-state index in [4.69, 9.17) is 35.4 Å². The molecule has 2 N–H and O–H groups in total. The zero-order valence-corrected chi connectivity index (χ0v) is 15.1. The number of benzene rings is 2. The normalized spacial score (nSPS) is 17.3. The van der Waals surface area contributed by atoms with Gasteiger partial charge in [-0.25, -0.2) is 0 Å². The van der Waals surface area contributed by atoms with Gasteiger partial charge >= 0.3 is 0 Å². The van der Waals surface area contributed by atoms with E-state index in [0.717, 1.165) is 0 Å². The fourth-order valence-electron chi connectivity index (χ4n) is 2.74. The van der Waals surface area contributed by atoms with Crippen molar-refractivity contribution < 1.29 is 4.79 Å². The second-order valence-corrected chi connectivity index (χ2v) is 6.62. The summed E-state index contributed by atoms with van der Waals surface area (Å²) in [4.78, 5) is 13.1. The second kappa shape index (κ2) is 6.93. The molecule has 3 nitrogen and oxygen atoms in total. The molecule has 1 heterocycles. The number of thiocarbonyl (C=S) groups is 1. The first kappa shape index (κ1) is 17.0. The van der Waals surface area contributed by atoms with Crippen LogP contribution in [0.15, 0.2) is 59.8 Å². The van der Waals surface area contributed by atoms with E-state index in [1.54, 1.807) is 30.3 Å². The maximum absolute atomic E-state index is 13.1. The first-order valence-corrected chi connectivity index (χ1v) is 8.47. The second-order valence-electron chi connectivity index (χ2n) is 5.40. The molecule has 0 fully saturated rings. The topological polar surface area (TPSA) is 41.1 Å². The maximum Gasteiger partial charge on any atom is 0.193 e. The van der Waals surface area contributed by atoms with Crippen molar-refractivity contribution in [3.63, 3.8) is 0 Å². The lowest BCUT2D eigenvalue weighted by Gasteiger charge is -2.31. The molecule has 24 heavy (non-hydrogen) atoms. The van der Waals surface area contributed by atoms with Gasteiger partial charge in [-0.2, -0.15) is 0 Å². The minimum Gasteiger partial charge on any atom is -0.351 e. The van der Waals surface area contributed by atoms with E-state index >= 15 is 0 Å². The van der Waals surface area contributed by atoms with Crippen molar-refractivity contribution in [1.29, 1.82) is 0 Å². The number of allylic oxidation sites excluding steroid dienone is 1. The molecule has 0 amide bonds. The molecule has 3 rings (SSSR count). The highest BCUT2D eigenvalue weighted by atomic mass is 35.5. The lowest BCUT2D eigenvalue weighted by Crippen LogP contribution is -2.45. The molecule has 0 radical (unpaired) electrons. The summed E-state index contributed by atoms with van der Waals surface area (Å²) in [6, 6.07) is 13.8. The van der Waals surface area contributed by atoms with Crippen LogP contribution < -0.4 is 10.6 Å². The molecule has 0 aromatic heterocycles. The number of Topliss-reactive ketones (excluding diaryl/α,β-unsaturated/α-hetero) is 1. The smallest absolute Gasteiger partial charge is 0.193 e. The van der Waals surface area contributed by atoms with Crippen molar-refractivity contribution in [2.24, 2.45) is 0 Å². The molecule has 0 saturated carbocycles. The van der Waals surface area contributed by atoms with Gasteiger partial charge in [0.2, 0.25) is 0 Å². The fourth-order valence-corrected chi connectivity index (χ4v) is 3.63. The SMILES string of the molecule is CC1=C(C(=O)c2ccccc2)C(c2c(Cl)cccc2Cl)NC(=S)N1. The molecular weight excluding hydrogens is 363 g/mol. The lowest BCUT2D eigenvalue weighted by atomic mass is 9.89. The van der Waals surface area contributed by atoms with Gasteiger partial charge in [0.15, 0.2) is 10.9 Å². The van der Waals surface area contributed by atoms with Crippen molar-refractivity contribution in [3.8, 4) is 0 Å². The molecule has 1 unspecified atom stereocenters. The Morgan fingerprint density at radius 1 is 1.04 bits per heavy atom. The lowest BCUT2D eigenvalue weighted by molar-refractivity contribution is 0.102. The summed E-state index contributed by atoms with van der Waals surface area (Å²) in [5.74, 6) is -0.100. The van der Waals surface area contributed by atoms with Crippen LogP contribution in [0, 0.1) is 0 Å². The van der Waals surface area contributed by atoms with Gasteiger partial charge in [0, 0.05) is 32.4 Å². The summed E-state index contributed by atoms with van der Waals surface area (Å²) >= 11 is 18.0. The van der Waals surface area contributed by atoms with Crippen LogP contribution in [0.2, 0.25) is 10.0 Å². The predicted molar refractivity (Wildman–Crippen MR) is 102 cm³/mol. The molecule has 1 atom stereocenters. The molecule has 1 aliphatic heterocycles. The van der Waals surface area contributed by atoms with E-state index in [1.807, 2.05) is 25.1 Å². The van der Waals surface area contributed by atoms with Gasteiger partial charge in [0.05, 0.1) is 6.04 Å². The zero-order chi connectivity index (χ0) is 17.3. The average Bonchev–Trinajstić information content (AvgIpc) is 2.54. The Morgan fingerprint density at radius 3 is 2.29 bits per heavy atom. The van der Waals surface area contributed by atoms with Crippen molar-refractivity contribution >= 4 is 46.3 Å². The minimum absolute atomic E-state index is 0.100. The van der Waals surface area contributed by atoms with E-state index in [1.165, 1.54) is 0 Å². The third-order valence-electron chi connectivity index (χ3n) is 3.84. The highest BCUT2D eigenvalue weighted by Gasteiger charge is 2.32. The van der Waals surface area contributed by atoms with E-state index in [9.17, 15) is 4.79 Å². The number of hydrogen-bond donors (Lipinski definition) is 2. The van der Waals surface area contributed by atoms with Gasteiger partial charge in [0.25, 0.3) is 0 Å². The maximum atomic E-state index is 13.1. The van der Waals surface area contributed by atoms with E-state index in [0.29, 0.717) is 37.6 Å². The quantitative estimate of drug-likeness (QED) is 0.603. The highest BCUT2D eigenvalue weighted by molar-refractivity contribution is 7.80. The number of halogens is 2. The van der Waals surface area contributed by atoms with E-state index < -0.39 is 6.04 Å². The van der Waals surface area contributed by atoms with Gasteiger partial charge in [-0.15, -0.1) is 0 Å². The third kappa shape index (κ3) is 3.18. The Bertz CT molecular complexity index is 829. The van der Waals surface area contributed by atoms with Crippen LogP contribution in [-0.4, -0.2) is 10.9 Å². The Kier molecular flexibility index (Phi) is 4.90. The molecule has 6 heteroatoms. The number of carbonyl (C=O) groups excluding carboxylic acids is 1. The monoisotopic (exact) mass is 376 g/mol. The molecule has 2 aromatic rings. The van der Waals surface area contributed by atoms with Crippen molar-refractivity contribution in [3.05, 3.63) is 81.0 Å². The molecule has 0 bridgehead atoms. The van der Waals surface area contributed by atoms with Gasteiger partial charge in [-0.05, 0) is 31.3 Å². The van der Waals surface area contributed by atoms with E-state index in [-0.39, 0.29) is 5.78 Å². The number of carbonyl (C=O) groups is 1. The van der Waals surface area contributed by atoms with Crippen molar-refractivity contribution in [1.82, 2.24) is 10.6 Å². The summed E-state index contributed by atoms with van der Waals surface area (Å²) < 4.78 is 0. The first-order chi connectivity index (χ1) is 11.5. The Morgan fingerprint density at radius 2 is 1.67 bits per heavy atom. The van der Waals surface area contributed by atoms with Crippen LogP contribution in [0.5, 0.6) is 0 Å². The van der Waals surface area contributed by atoms with E-state index in [2.05, 4.69) is 10.6 Å². The average molecular weight is 377 g/mol. The molecule has 122 valence electrons. The van der Waals surface area contributed by atoms with Crippen LogP contribution in [-0.2, 0) is 0 Å². The van der Waals surface area contributed by atoms with Gasteiger partial charge in [0.1, 0.15) is 0 Å². The van der Waals surface area contributed by atoms with Crippen LogP contribution in [0.1, 0.15) is 28.9 Å². The summed E-state index contributed by atoms with van der Waals surface area (Å²) in [6.45, 7) is 1.82. The Labute approximate surface area is 155 Å². The summed E-state index contributed by atoms with van der Waals surface area (Å²) in [7, 11) is 0. The summed E-state index contributed by atoms with van der Waals surface area (Å²) in [5, 5.41) is 7.52. The standard InChI is InChI=1S/C18H14Cl2N2OS/c1-10-14(17(23)11-6-3-2-4-7-11)16(22-18(24)21-10)15-12(19)8-5-9-13(15)20/h2-9,16H,1H3,(H2,21,22,24). The molecule has 0 saturated heterocycles. The van der Waals surface area contributed by atoms with Crippen LogP contribution >= 0.6 is 35.4 Å². The summed E-state index contributed by atoms with van der Waals surface area (Å²) in [5.41, 5.74) is 2.47. The van der Waals surface area contributed by atoms with Crippen LogP contribution in [0.25, 0.3) is 0 Å². The molecular formula is C18H14Cl2N2OS. The highest BCUT2D eigenvalue weighted by Crippen LogP contribution is 2.37. The van der Waals surface area contributed by atoms with Gasteiger partial charge < -0.3 is 10.6 Å². The third-order valence-corrected chi connectivity index (χ3v) is 4.72. The van der Waals surface area contributed by atoms with Crippen molar-refractivity contribution in [2.45, 2.75) is 13.0 Å². The molecule has 2 aromatic carbocycles. The first-order valence-electron chi connectivity index (χ1n) is 7.31. The number of rotatable bonds is 3. The van der Waals surface area contributed by atoms with Crippen LogP contribution in [0.4, 0.5) is 0 Å². The molecule has 0 aliphatic carbocycles. The Balaban J connectivity index is 2.15. The largest absolute Gasteiger partial charge is 0.351 e. The Hall–Kier alpha value is -1.88. The van der Waals surface area contributed by atoms with Crippen LogP contribution in [0.3, 0.4) is 0 Å². The summed E-state index contributed by atoms with van der Waals surface area (Å²) in [6.07, 6.45) is 0. The molecule has 1 aliphatic rings. The predicted octanol–water partition coefficient (Wildman–Crippen LogP) is 4.67. The minimum atomic E-state index is -0.507. The molecule has 0 spiro atoms. The van der Waals surface area contributed by atoms with Crippen molar-refractivity contribution in [2.75, 3.05) is 0 Å². The number of nitrogens with one attached hydrogen (secondary N) is 2. The fraction of sp³-hybridized carbons (Fsp3) is 0.111. The zero-order valence-electron chi connectivity index (χ0n) is 12.8. The number of ketones is 1. The number of hydrogen-bond acceptors (Lipinski definition) is 2. The van der Waals surface area contributed by atoms with Gasteiger partial charge in [-0.1, -0.05) is 59.6 Å².